The molecule has 0 unspecified atom stereocenters. The van der Waals surface area contributed by atoms with E-state index >= 15 is 0 Å². The number of rotatable bonds is 3. The van der Waals surface area contributed by atoms with E-state index in [2.05, 4.69) is 16.0 Å². The highest BCUT2D eigenvalue weighted by molar-refractivity contribution is 7.20. The van der Waals surface area contributed by atoms with E-state index in [1.807, 2.05) is 6.92 Å². The molecule has 0 saturated heterocycles. The number of aromatic amines is 1. The van der Waals surface area contributed by atoms with Crippen LogP contribution in [0.3, 0.4) is 0 Å². The summed E-state index contributed by atoms with van der Waals surface area (Å²) < 4.78 is 0. The third-order valence-electron chi connectivity index (χ3n) is 4.06. The summed E-state index contributed by atoms with van der Waals surface area (Å²) in [5, 5.41) is 9.57. The van der Waals surface area contributed by atoms with Gasteiger partial charge in [0.1, 0.15) is 15.5 Å². The smallest absolute Gasteiger partial charge is 0.346 e. The summed E-state index contributed by atoms with van der Waals surface area (Å²) >= 11 is 1.07. The van der Waals surface area contributed by atoms with Crippen molar-refractivity contribution in [3.8, 4) is 0 Å². The SMILES string of the molecule is Cc1c(C(=O)O)sc2nc([C@H](C)C3=CCCC3)[nH]c(=O)c12. The average molecular weight is 304 g/mol. The summed E-state index contributed by atoms with van der Waals surface area (Å²) in [5.41, 5.74) is 1.54. The Bertz CT molecular complexity index is 816. The molecular formula is C15H16N2O3S. The lowest BCUT2D eigenvalue weighted by atomic mass is 10.00. The second-order valence-electron chi connectivity index (χ2n) is 5.39. The van der Waals surface area contributed by atoms with Crippen LogP contribution in [0.15, 0.2) is 16.4 Å². The van der Waals surface area contributed by atoms with Crippen LogP contribution < -0.4 is 5.56 Å². The normalized spacial score (nSPS) is 16.2. The van der Waals surface area contributed by atoms with Gasteiger partial charge >= 0.3 is 5.97 Å². The number of nitrogens with one attached hydrogen (secondary N) is 1. The van der Waals surface area contributed by atoms with Gasteiger partial charge < -0.3 is 10.1 Å². The molecule has 0 amide bonds. The van der Waals surface area contributed by atoms with Crippen LogP contribution in [-0.2, 0) is 0 Å². The molecule has 2 aromatic rings. The molecule has 0 aliphatic heterocycles. The number of carboxylic acid groups (broad SMARTS) is 1. The zero-order chi connectivity index (χ0) is 15.1. The van der Waals surface area contributed by atoms with E-state index in [9.17, 15) is 9.59 Å². The predicted molar refractivity (Wildman–Crippen MR) is 82.3 cm³/mol. The van der Waals surface area contributed by atoms with Crippen molar-refractivity contribution in [3.63, 3.8) is 0 Å². The Kier molecular flexibility index (Phi) is 3.41. The molecule has 0 spiro atoms. The zero-order valence-electron chi connectivity index (χ0n) is 11.9. The number of aromatic nitrogens is 2. The van der Waals surface area contributed by atoms with Crippen LogP contribution in [-0.4, -0.2) is 21.0 Å². The number of carboxylic acids is 1. The van der Waals surface area contributed by atoms with Gasteiger partial charge in [-0.15, -0.1) is 11.3 Å². The monoisotopic (exact) mass is 304 g/mol. The minimum absolute atomic E-state index is 0.0697. The summed E-state index contributed by atoms with van der Waals surface area (Å²) in [6.45, 7) is 3.68. The molecule has 1 aliphatic rings. The maximum Gasteiger partial charge on any atom is 0.346 e. The molecule has 1 atom stereocenters. The fourth-order valence-corrected chi connectivity index (χ4v) is 3.86. The van der Waals surface area contributed by atoms with E-state index < -0.39 is 5.97 Å². The number of H-pyrrole nitrogens is 1. The van der Waals surface area contributed by atoms with Gasteiger partial charge in [-0.1, -0.05) is 18.6 Å². The van der Waals surface area contributed by atoms with Crippen LogP contribution in [0.1, 0.15) is 53.2 Å². The zero-order valence-corrected chi connectivity index (χ0v) is 12.7. The van der Waals surface area contributed by atoms with Crippen molar-refractivity contribution >= 4 is 27.5 Å². The van der Waals surface area contributed by atoms with Crippen LogP contribution in [0.4, 0.5) is 0 Å². The molecule has 0 fully saturated rings. The molecule has 2 aromatic heterocycles. The molecule has 6 heteroatoms. The van der Waals surface area contributed by atoms with Crippen LogP contribution in [0.25, 0.3) is 10.2 Å². The third kappa shape index (κ3) is 2.29. The molecule has 2 heterocycles. The summed E-state index contributed by atoms with van der Waals surface area (Å²) in [6.07, 6.45) is 5.46. The largest absolute Gasteiger partial charge is 0.477 e. The summed E-state index contributed by atoms with van der Waals surface area (Å²) in [7, 11) is 0. The highest BCUT2D eigenvalue weighted by Crippen LogP contribution is 2.32. The van der Waals surface area contributed by atoms with Gasteiger partial charge in [0.05, 0.1) is 5.39 Å². The molecule has 0 radical (unpaired) electrons. The fourth-order valence-electron chi connectivity index (χ4n) is 2.83. The first-order chi connectivity index (χ1) is 9.99. The van der Waals surface area contributed by atoms with Crippen LogP contribution in [0.2, 0.25) is 0 Å². The predicted octanol–water partition coefficient (Wildman–Crippen LogP) is 3.21. The Hall–Kier alpha value is -1.95. The number of carbonyl (C=O) groups is 1. The number of nitrogens with zero attached hydrogens (tertiary/aromatic N) is 1. The molecule has 5 nitrogen and oxygen atoms in total. The highest BCUT2D eigenvalue weighted by Gasteiger charge is 2.21. The Morgan fingerprint density at radius 1 is 1.52 bits per heavy atom. The molecule has 3 rings (SSSR count). The molecule has 0 aromatic carbocycles. The van der Waals surface area contributed by atoms with Gasteiger partial charge in [0.2, 0.25) is 0 Å². The fraction of sp³-hybridized carbons (Fsp3) is 0.400. The number of thiophene rings is 1. The van der Waals surface area contributed by atoms with Crippen molar-refractivity contribution in [2.24, 2.45) is 0 Å². The first kappa shape index (κ1) is 14.0. The van der Waals surface area contributed by atoms with Gasteiger partial charge in [-0.2, -0.15) is 0 Å². The average Bonchev–Trinajstić information content (AvgIpc) is 3.06. The van der Waals surface area contributed by atoms with Gasteiger partial charge in [0, 0.05) is 5.92 Å². The van der Waals surface area contributed by atoms with E-state index in [1.165, 1.54) is 5.57 Å². The number of fused-ring (bicyclic) bond motifs is 1. The number of hydrogen-bond donors (Lipinski definition) is 2. The van der Waals surface area contributed by atoms with E-state index in [4.69, 9.17) is 5.11 Å². The lowest BCUT2D eigenvalue weighted by molar-refractivity contribution is 0.0701. The van der Waals surface area contributed by atoms with E-state index in [0.29, 0.717) is 21.6 Å². The Labute approximate surface area is 125 Å². The molecule has 21 heavy (non-hydrogen) atoms. The lowest BCUT2D eigenvalue weighted by Crippen LogP contribution is -2.14. The molecule has 2 N–H and O–H groups in total. The van der Waals surface area contributed by atoms with E-state index in [0.717, 1.165) is 30.6 Å². The standard InChI is InChI=1S/C15H16N2O3S/c1-7(9-5-3-4-6-9)12-16-13(18)10-8(2)11(15(19)20)21-14(10)17-12/h5,7H,3-4,6H2,1-2H3,(H,19,20)(H,16,17,18)/t7-/m1/s1. The maximum absolute atomic E-state index is 12.3. The molecule has 1 aliphatic carbocycles. The number of aromatic carboxylic acids is 1. The first-order valence-electron chi connectivity index (χ1n) is 6.94. The van der Waals surface area contributed by atoms with Crippen molar-refractivity contribution in [2.75, 3.05) is 0 Å². The molecule has 0 bridgehead atoms. The summed E-state index contributed by atoms with van der Waals surface area (Å²) in [5.74, 6) is -0.317. The summed E-state index contributed by atoms with van der Waals surface area (Å²) in [4.78, 5) is 31.5. The van der Waals surface area contributed by atoms with Crippen molar-refractivity contribution in [1.82, 2.24) is 9.97 Å². The first-order valence-corrected chi connectivity index (χ1v) is 7.76. The van der Waals surface area contributed by atoms with Crippen LogP contribution >= 0.6 is 11.3 Å². The van der Waals surface area contributed by atoms with Gasteiger partial charge in [0.15, 0.2) is 0 Å². The maximum atomic E-state index is 12.3. The quantitative estimate of drug-likeness (QED) is 0.853. The van der Waals surface area contributed by atoms with Crippen LogP contribution in [0.5, 0.6) is 0 Å². The third-order valence-corrected chi connectivity index (χ3v) is 5.23. The second kappa shape index (κ2) is 5.11. The number of aryl methyl sites for hydroxylation is 1. The van der Waals surface area contributed by atoms with Gasteiger partial charge in [-0.05, 0) is 31.7 Å². The second-order valence-corrected chi connectivity index (χ2v) is 6.38. The summed E-state index contributed by atoms with van der Waals surface area (Å²) in [6, 6.07) is 0. The Balaban J connectivity index is 2.15. The Morgan fingerprint density at radius 2 is 2.29 bits per heavy atom. The lowest BCUT2D eigenvalue weighted by Gasteiger charge is -2.11. The topological polar surface area (TPSA) is 83.0 Å². The Morgan fingerprint density at radius 3 is 2.90 bits per heavy atom. The van der Waals surface area contributed by atoms with Gasteiger partial charge in [-0.25, -0.2) is 9.78 Å². The molecule has 110 valence electrons. The number of hydrogen-bond acceptors (Lipinski definition) is 4. The van der Waals surface area contributed by atoms with Crippen molar-refractivity contribution in [2.45, 2.75) is 39.0 Å². The highest BCUT2D eigenvalue weighted by atomic mass is 32.1. The van der Waals surface area contributed by atoms with Crippen molar-refractivity contribution in [1.29, 1.82) is 0 Å². The molecular weight excluding hydrogens is 288 g/mol. The van der Waals surface area contributed by atoms with Gasteiger partial charge in [-0.3, -0.25) is 4.79 Å². The van der Waals surface area contributed by atoms with Gasteiger partial charge in [0.25, 0.3) is 5.56 Å². The minimum Gasteiger partial charge on any atom is -0.477 e. The van der Waals surface area contributed by atoms with Crippen molar-refractivity contribution < 1.29 is 9.90 Å². The van der Waals surface area contributed by atoms with E-state index in [1.54, 1.807) is 6.92 Å². The van der Waals surface area contributed by atoms with E-state index in [-0.39, 0.29) is 16.4 Å². The van der Waals surface area contributed by atoms with Crippen LogP contribution in [0, 0.1) is 6.92 Å². The van der Waals surface area contributed by atoms with Crippen molar-refractivity contribution in [3.05, 3.63) is 38.3 Å². The number of allylic oxidation sites excluding steroid dienone is 2. The minimum atomic E-state index is -1.01. The molecule has 0 saturated carbocycles.